The SMILES string of the molecule is C=CCNC(C(=O)O)C(C)O. The maximum Gasteiger partial charge on any atom is 0.323 e. The lowest BCUT2D eigenvalue weighted by Crippen LogP contribution is -2.44. The van der Waals surface area contributed by atoms with Gasteiger partial charge in [-0.2, -0.15) is 0 Å². The lowest BCUT2D eigenvalue weighted by Gasteiger charge is -2.15. The van der Waals surface area contributed by atoms with Crippen molar-refractivity contribution < 1.29 is 15.0 Å². The van der Waals surface area contributed by atoms with Gasteiger partial charge in [0, 0.05) is 6.54 Å². The lowest BCUT2D eigenvalue weighted by atomic mass is 10.2. The van der Waals surface area contributed by atoms with E-state index in [9.17, 15) is 4.79 Å². The third-order valence-corrected chi connectivity index (χ3v) is 1.23. The van der Waals surface area contributed by atoms with E-state index in [0.717, 1.165) is 0 Å². The number of nitrogens with one attached hydrogen (secondary N) is 1. The number of carboxylic acid groups (broad SMARTS) is 1. The van der Waals surface area contributed by atoms with Crippen LogP contribution in [0.3, 0.4) is 0 Å². The summed E-state index contributed by atoms with van der Waals surface area (Å²) in [6.45, 7) is 5.22. The molecule has 0 rings (SSSR count). The summed E-state index contributed by atoms with van der Waals surface area (Å²) in [4.78, 5) is 10.4. The number of carboxylic acids is 1. The molecule has 0 saturated heterocycles. The molecule has 4 nitrogen and oxygen atoms in total. The lowest BCUT2D eigenvalue weighted by molar-refractivity contribution is -0.142. The van der Waals surface area contributed by atoms with Gasteiger partial charge in [-0.15, -0.1) is 6.58 Å². The van der Waals surface area contributed by atoms with E-state index in [1.165, 1.54) is 6.92 Å². The van der Waals surface area contributed by atoms with Gasteiger partial charge >= 0.3 is 5.97 Å². The minimum absolute atomic E-state index is 0.377. The molecule has 2 atom stereocenters. The maximum atomic E-state index is 10.4. The largest absolute Gasteiger partial charge is 0.480 e. The van der Waals surface area contributed by atoms with Gasteiger partial charge in [-0.1, -0.05) is 6.08 Å². The van der Waals surface area contributed by atoms with Gasteiger partial charge < -0.3 is 10.2 Å². The Balaban J connectivity index is 3.89. The zero-order valence-corrected chi connectivity index (χ0v) is 6.45. The van der Waals surface area contributed by atoms with Crippen molar-refractivity contribution in [3.8, 4) is 0 Å². The van der Waals surface area contributed by atoms with Crippen molar-refractivity contribution in [3.05, 3.63) is 12.7 Å². The van der Waals surface area contributed by atoms with Gasteiger partial charge in [-0.05, 0) is 6.92 Å². The summed E-state index contributed by atoms with van der Waals surface area (Å²) in [7, 11) is 0. The first kappa shape index (κ1) is 10.1. The van der Waals surface area contributed by atoms with Gasteiger partial charge in [0.2, 0.25) is 0 Å². The molecule has 0 radical (unpaired) electrons. The van der Waals surface area contributed by atoms with Crippen LogP contribution >= 0.6 is 0 Å². The summed E-state index contributed by atoms with van der Waals surface area (Å²) >= 11 is 0. The van der Waals surface area contributed by atoms with E-state index in [2.05, 4.69) is 11.9 Å². The average molecular weight is 159 g/mol. The highest BCUT2D eigenvalue weighted by molar-refractivity contribution is 5.74. The Morgan fingerprint density at radius 1 is 1.82 bits per heavy atom. The molecular weight excluding hydrogens is 146 g/mol. The smallest absolute Gasteiger partial charge is 0.323 e. The summed E-state index contributed by atoms with van der Waals surface area (Å²) in [5.41, 5.74) is 0. The standard InChI is InChI=1S/C7H13NO3/c1-3-4-8-6(5(2)9)7(10)11/h3,5-6,8-9H,1,4H2,2H3,(H,10,11). The Morgan fingerprint density at radius 2 is 2.36 bits per heavy atom. The van der Waals surface area contributed by atoms with Crippen LogP contribution in [0.4, 0.5) is 0 Å². The number of aliphatic carboxylic acids is 1. The highest BCUT2D eigenvalue weighted by atomic mass is 16.4. The van der Waals surface area contributed by atoms with Crippen molar-refractivity contribution in [3.63, 3.8) is 0 Å². The van der Waals surface area contributed by atoms with Crippen molar-refractivity contribution in [2.75, 3.05) is 6.54 Å². The fraction of sp³-hybridized carbons (Fsp3) is 0.571. The van der Waals surface area contributed by atoms with E-state index in [4.69, 9.17) is 10.2 Å². The Morgan fingerprint density at radius 3 is 2.64 bits per heavy atom. The quantitative estimate of drug-likeness (QED) is 0.477. The first-order valence-corrected chi connectivity index (χ1v) is 3.34. The predicted octanol–water partition coefficient (Wildman–Crippen LogP) is -0.404. The van der Waals surface area contributed by atoms with Crippen molar-refractivity contribution in [1.29, 1.82) is 0 Å². The number of carbonyl (C=O) groups is 1. The van der Waals surface area contributed by atoms with Gasteiger partial charge in [0.05, 0.1) is 6.10 Å². The summed E-state index contributed by atoms with van der Waals surface area (Å²) in [5.74, 6) is -1.05. The van der Waals surface area contributed by atoms with Crippen LogP contribution < -0.4 is 5.32 Å². The van der Waals surface area contributed by atoms with Crippen LogP contribution in [0.25, 0.3) is 0 Å². The molecule has 0 aliphatic carbocycles. The fourth-order valence-electron chi connectivity index (χ4n) is 0.675. The van der Waals surface area contributed by atoms with Crippen LogP contribution in [0.5, 0.6) is 0 Å². The van der Waals surface area contributed by atoms with E-state index < -0.39 is 18.1 Å². The molecular formula is C7H13NO3. The van der Waals surface area contributed by atoms with Gasteiger partial charge in [0.1, 0.15) is 6.04 Å². The molecule has 0 aromatic carbocycles. The van der Waals surface area contributed by atoms with E-state index >= 15 is 0 Å². The van der Waals surface area contributed by atoms with Crippen molar-refractivity contribution >= 4 is 5.97 Å². The predicted molar refractivity (Wildman–Crippen MR) is 41.3 cm³/mol. The van der Waals surface area contributed by atoms with Crippen molar-refractivity contribution in [1.82, 2.24) is 5.32 Å². The Bertz CT molecular complexity index is 145. The first-order chi connectivity index (χ1) is 5.09. The molecule has 0 aliphatic heterocycles. The van der Waals surface area contributed by atoms with Gasteiger partial charge in [0.25, 0.3) is 0 Å². The molecule has 0 saturated carbocycles. The van der Waals surface area contributed by atoms with Crippen LogP contribution in [0.15, 0.2) is 12.7 Å². The molecule has 3 N–H and O–H groups in total. The second kappa shape index (κ2) is 4.87. The average Bonchev–Trinajstić information content (AvgIpc) is 1.87. The third kappa shape index (κ3) is 3.75. The number of aliphatic hydroxyl groups excluding tert-OH is 1. The monoisotopic (exact) mass is 159 g/mol. The second-order valence-corrected chi connectivity index (χ2v) is 2.25. The molecule has 0 aromatic rings. The highest BCUT2D eigenvalue weighted by Crippen LogP contribution is 1.91. The minimum Gasteiger partial charge on any atom is -0.480 e. The Kier molecular flexibility index (Phi) is 4.49. The topological polar surface area (TPSA) is 69.6 Å². The summed E-state index contributed by atoms with van der Waals surface area (Å²) in [6, 6.07) is -0.909. The van der Waals surface area contributed by atoms with Crippen LogP contribution in [-0.4, -0.2) is 34.9 Å². The zero-order chi connectivity index (χ0) is 8.85. The molecule has 0 fully saturated rings. The molecule has 64 valence electrons. The second-order valence-electron chi connectivity index (χ2n) is 2.25. The molecule has 4 heteroatoms. The van der Waals surface area contributed by atoms with Crippen molar-refractivity contribution in [2.45, 2.75) is 19.1 Å². The molecule has 0 amide bonds. The molecule has 0 bridgehead atoms. The third-order valence-electron chi connectivity index (χ3n) is 1.23. The van der Waals surface area contributed by atoms with Crippen LogP contribution in [-0.2, 0) is 4.79 Å². The molecule has 0 aromatic heterocycles. The summed E-state index contributed by atoms with van der Waals surface area (Å²) in [6.07, 6.45) is 0.644. The minimum atomic E-state index is -1.05. The number of aliphatic hydroxyl groups is 1. The van der Waals surface area contributed by atoms with E-state index in [1.54, 1.807) is 6.08 Å². The molecule has 2 unspecified atom stereocenters. The number of rotatable bonds is 5. The van der Waals surface area contributed by atoms with E-state index in [1.807, 2.05) is 0 Å². The van der Waals surface area contributed by atoms with Crippen LogP contribution in [0, 0.1) is 0 Å². The van der Waals surface area contributed by atoms with Crippen molar-refractivity contribution in [2.24, 2.45) is 0 Å². The maximum absolute atomic E-state index is 10.4. The van der Waals surface area contributed by atoms with Gasteiger partial charge in [-0.25, -0.2) is 0 Å². The highest BCUT2D eigenvalue weighted by Gasteiger charge is 2.20. The molecule has 0 aliphatic rings. The summed E-state index contributed by atoms with van der Waals surface area (Å²) in [5, 5.41) is 20.0. The van der Waals surface area contributed by atoms with Crippen LogP contribution in [0.1, 0.15) is 6.92 Å². The fourth-order valence-corrected chi connectivity index (χ4v) is 0.675. The van der Waals surface area contributed by atoms with Crippen LogP contribution in [0.2, 0.25) is 0 Å². The van der Waals surface area contributed by atoms with Gasteiger partial charge in [-0.3, -0.25) is 10.1 Å². The van der Waals surface area contributed by atoms with Gasteiger partial charge in [0.15, 0.2) is 0 Å². The first-order valence-electron chi connectivity index (χ1n) is 3.34. The Hall–Kier alpha value is -0.870. The molecule has 0 heterocycles. The summed E-state index contributed by atoms with van der Waals surface area (Å²) < 4.78 is 0. The van der Waals surface area contributed by atoms with E-state index in [-0.39, 0.29) is 0 Å². The normalized spacial score (nSPS) is 15.5. The number of hydrogen-bond acceptors (Lipinski definition) is 3. The molecule has 11 heavy (non-hydrogen) atoms. The van der Waals surface area contributed by atoms with E-state index in [0.29, 0.717) is 6.54 Å². The zero-order valence-electron chi connectivity index (χ0n) is 6.45. The number of hydrogen-bond donors (Lipinski definition) is 3. The molecule has 0 spiro atoms. The Labute approximate surface area is 65.5 Å².